The number of halogens is 2. The van der Waals surface area contributed by atoms with Crippen LogP contribution in [0, 0.1) is 0 Å². The van der Waals surface area contributed by atoms with Gasteiger partial charge in [-0.15, -0.1) is 0 Å². The van der Waals surface area contributed by atoms with E-state index in [2.05, 4.69) is 40.7 Å². The summed E-state index contributed by atoms with van der Waals surface area (Å²) in [4.78, 5) is 2.43. The summed E-state index contributed by atoms with van der Waals surface area (Å²) in [5.41, 5.74) is 7.03. The van der Waals surface area contributed by atoms with Crippen molar-refractivity contribution < 1.29 is 4.74 Å². The predicted octanol–water partition coefficient (Wildman–Crippen LogP) is 3.21. The largest absolute Gasteiger partial charge is 0.374 e. The fourth-order valence-corrected chi connectivity index (χ4v) is 3.07. The number of nitrogens with two attached hydrogens (primary N) is 1. The molecule has 0 amide bonds. The fourth-order valence-electron chi connectivity index (χ4n) is 2.63. The summed E-state index contributed by atoms with van der Waals surface area (Å²) in [7, 11) is 0. The molecular formula is C14H20BrClN2O. The molecule has 2 unspecified atom stereocenters. The molecule has 2 N–H and O–H groups in total. The highest BCUT2D eigenvalue weighted by Gasteiger charge is 2.34. The van der Waals surface area contributed by atoms with Crippen LogP contribution in [-0.2, 0) is 4.74 Å². The summed E-state index contributed by atoms with van der Waals surface area (Å²) in [5, 5.41) is 0.725. The lowest BCUT2D eigenvalue weighted by atomic mass is 9.96. The zero-order valence-corrected chi connectivity index (χ0v) is 13.6. The second-order valence-corrected chi connectivity index (χ2v) is 6.36. The maximum absolute atomic E-state index is 6.21. The quantitative estimate of drug-likeness (QED) is 0.912. The number of morpholine rings is 1. The summed E-state index contributed by atoms with van der Waals surface area (Å²) in [5.74, 6) is 0. The molecule has 1 aromatic rings. The van der Waals surface area contributed by atoms with Crippen LogP contribution in [0.4, 0.5) is 0 Å². The molecule has 1 aliphatic rings. The Bertz CT molecular complexity index is 441. The van der Waals surface area contributed by atoms with Crippen molar-refractivity contribution in [3.63, 3.8) is 0 Å². The van der Waals surface area contributed by atoms with Crippen LogP contribution in [0.25, 0.3) is 0 Å². The zero-order valence-electron chi connectivity index (χ0n) is 11.3. The molecule has 0 spiro atoms. The van der Waals surface area contributed by atoms with Gasteiger partial charge in [-0.1, -0.05) is 17.7 Å². The van der Waals surface area contributed by atoms with Crippen molar-refractivity contribution in [2.75, 3.05) is 19.7 Å². The van der Waals surface area contributed by atoms with E-state index in [4.69, 9.17) is 22.1 Å². The Morgan fingerprint density at radius 2 is 2.26 bits per heavy atom. The molecular weight excluding hydrogens is 328 g/mol. The van der Waals surface area contributed by atoms with Crippen molar-refractivity contribution in [2.24, 2.45) is 5.73 Å². The third kappa shape index (κ3) is 3.31. The molecule has 19 heavy (non-hydrogen) atoms. The van der Waals surface area contributed by atoms with Crippen molar-refractivity contribution in [2.45, 2.75) is 32.0 Å². The average molecular weight is 348 g/mol. The molecule has 1 saturated heterocycles. The van der Waals surface area contributed by atoms with Gasteiger partial charge in [0.25, 0.3) is 0 Å². The third-order valence-electron chi connectivity index (χ3n) is 3.57. The Hall–Kier alpha value is -0.130. The van der Waals surface area contributed by atoms with Crippen LogP contribution in [-0.4, -0.2) is 36.7 Å². The van der Waals surface area contributed by atoms with Gasteiger partial charge >= 0.3 is 0 Å². The van der Waals surface area contributed by atoms with E-state index in [9.17, 15) is 0 Å². The maximum atomic E-state index is 6.21. The van der Waals surface area contributed by atoms with Crippen molar-refractivity contribution in [3.05, 3.63) is 33.3 Å². The minimum atomic E-state index is 0.0217. The lowest BCUT2D eigenvalue weighted by Gasteiger charge is -2.43. The van der Waals surface area contributed by atoms with Gasteiger partial charge in [-0.2, -0.15) is 0 Å². The first-order chi connectivity index (χ1) is 9.04. The lowest BCUT2D eigenvalue weighted by molar-refractivity contribution is -0.0789. The molecule has 0 radical (unpaired) electrons. The van der Waals surface area contributed by atoms with Crippen LogP contribution in [0.5, 0.6) is 0 Å². The average Bonchev–Trinajstić information content (AvgIpc) is 2.41. The summed E-state index contributed by atoms with van der Waals surface area (Å²) in [6.45, 7) is 6.58. The Kier molecular flexibility index (Phi) is 5.26. The molecule has 0 aliphatic carbocycles. The normalized spacial score (nSPS) is 24.9. The zero-order chi connectivity index (χ0) is 14.0. The Morgan fingerprint density at radius 3 is 2.84 bits per heavy atom. The lowest BCUT2D eigenvalue weighted by Crippen LogP contribution is -2.50. The fraction of sp³-hybridized carbons (Fsp3) is 0.571. The van der Waals surface area contributed by atoms with Gasteiger partial charge in [0.1, 0.15) is 0 Å². The van der Waals surface area contributed by atoms with E-state index in [-0.39, 0.29) is 12.1 Å². The van der Waals surface area contributed by atoms with Crippen LogP contribution < -0.4 is 5.73 Å². The van der Waals surface area contributed by atoms with Crippen molar-refractivity contribution >= 4 is 27.5 Å². The van der Waals surface area contributed by atoms with Gasteiger partial charge in [-0.05, 0) is 47.5 Å². The van der Waals surface area contributed by atoms with Crippen LogP contribution in [0.1, 0.15) is 25.5 Å². The highest BCUT2D eigenvalue weighted by molar-refractivity contribution is 9.10. The van der Waals surface area contributed by atoms with Gasteiger partial charge < -0.3 is 10.5 Å². The highest BCUT2D eigenvalue weighted by Crippen LogP contribution is 2.34. The van der Waals surface area contributed by atoms with E-state index in [1.807, 2.05) is 12.1 Å². The molecule has 2 rings (SSSR count). The molecule has 1 heterocycles. The van der Waals surface area contributed by atoms with Gasteiger partial charge in [0.2, 0.25) is 0 Å². The van der Waals surface area contributed by atoms with Gasteiger partial charge in [0, 0.05) is 23.6 Å². The second kappa shape index (κ2) is 6.55. The molecule has 2 atom stereocenters. The smallest absolute Gasteiger partial charge is 0.0894 e. The summed E-state index contributed by atoms with van der Waals surface area (Å²) >= 11 is 9.64. The Labute approximate surface area is 128 Å². The third-order valence-corrected chi connectivity index (χ3v) is 4.80. The van der Waals surface area contributed by atoms with Crippen molar-refractivity contribution in [1.29, 1.82) is 0 Å². The molecule has 1 aromatic carbocycles. The topological polar surface area (TPSA) is 38.5 Å². The molecule has 0 bridgehead atoms. The van der Waals surface area contributed by atoms with Crippen LogP contribution in [0.3, 0.4) is 0 Å². The van der Waals surface area contributed by atoms with Gasteiger partial charge in [-0.3, -0.25) is 4.90 Å². The first kappa shape index (κ1) is 15.3. The van der Waals surface area contributed by atoms with E-state index < -0.39 is 0 Å². The monoisotopic (exact) mass is 346 g/mol. The standard InChI is InChI=1S/C14H20BrClN2O/c1-9(2)18-5-6-19-13(8-17)14(18)10-3-4-11(15)12(16)7-10/h3-4,7,9,13-14H,5-6,8,17H2,1-2H3. The number of rotatable bonds is 3. The number of benzene rings is 1. The van der Waals surface area contributed by atoms with E-state index in [1.165, 1.54) is 0 Å². The van der Waals surface area contributed by atoms with E-state index in [0.29, 0.717) is 12.6 Å². The van der Waals surface area contributed by atoms with Gasteiger partial charge in [-0.25, -0.2) is 0 Å². The molecule has 3 nitrogen and oxygen atoms in total. The first-order valence-corrected chi connectivity index (χ1v) is 7.74. The van der Waals surface area contributed by atoms with Crippen LogP contribution in [0.15, 0.2) is 22.7 Å². The summed E-state index contributed by atoms with van der Waals surface area (Å²) in [6, 6.07) is 6.70. The molecule has 0 aromatic heterocycles. The summed E-state index contributed by atoms with van der Waals surface area (Å²) in [6.07, 6.45) is 0.0217. The predicted molar refractivity (Wildman–Crippen MR) is 82.5 cm³/mol. The molecule has 1 aliphatic heterocycles. The van der Waals surface area contributed by atoms with Crippen LogP contribution in [0.2, 0.25) is 5.02 Å². The van der Waals surface area contributed by atoms with Crippen molar-refractivity contribution in [3.8, 4) is 0 Å². The molecule has 5 heteroatoms. The SMILES string of the molecule is CC(C)N1CCOC(CN)C1c1ccc(Br)c(Cl)c1. The maximum Gasteiger partial charge on any atom is 0.0894 e. The van der Waals surface area contributed by atoms with Crippen molar-refractivity contribution in [1.82, 2.24) is 4.90 Å². The molecule has 106 valence electrons. The molecule has 0 saturated carbocycles. The minimum Gasteiger partial charge on any atom is -0.374 e. The second-order valence-electron chi connectivity index (χ2n) is 5.09. The number of hydrogen-bond donors (Lipinski definition) is 1. The minimum absolute atomic E-state index is 0.0217. The molecule has 1 fully saturated rings. The summed E-state index contributed by atoms with van der Waals surface area (Å²) < 4.78 is 6.74. The Morgan fingerprint density at radius 1 is 1.53 bits per heavy atom. The number of ether oxygens (including phenoxy) is 1. The highest BCUT2D eigenvalue weighted by atomic mass is 79.9. The number of nitrogens with zero attached hydrogens (tertiary/aromatic N) is 1. The number of hydrogen-bond acceptors (Lipinski definition) is 3. The van der Waals surface area contributed by atoms with Gasteiger partial charge in [0.15, 0.2) is 0 Å². The van der Waals surface area contributed by atoms with Gasteiger partial charge in [0.05, 0.1) is 23.8 Å². The van der Waals surface area contributed by atoms with Crippen LogP contribution >= 0.6 is 27.5 Å². The Balaban J connectivity index is 2.36. The van der Waals surface area contributed by atoms with E-state index >= 15 is 0 Å². The first-order valence-electron chi connectivity index (χ1n) is 6.57. The van der Waals surface area contributed by atoms with E-state index in [0.717, 1.165) is 28.2 Å². The van der Waals surface area contributed by atoms with E-state index in [1.54, 1.807) is 0 Å².